The third-order valence-electron chi connectivity index (χ3n) is 7.77. The molecule has 0 saturated heterocycles. The van der Waals surface area contributed by atoms with E-state index < -0.39 is 27.7 Å². The van der Waals surface area contributed by atoms with E-state index in [0.717, 1.165) is 32.5 Å². The van der Waals surface area contributed by atoms with E-state index in [-0.39, 0.29) is 38.7 Å². The first-order chi connectivity index (χ1) is 22.3. The Balaban J connectivity index is 1.40. The molecule has 0 bridgehead atoms. The lowest BCUT2D eigenvalue weighted by Crippen LogP contribution is -2.19. The van der Waals surface area contributed by atoms with Gasteiger partial charge in [0.1, 0.15) is 23.0 Å². The van der Waals surface area contributed by atoms with Crippen LogP contribution in [0.3, 0.4) is 0 Å². The number of carbonyl (C=O) groups is 1. The van der Waals surface area contributed by atoms with Crippen LogP contribution in [-0.2, 0) is 16.2 Å². The minimum Gasteiger partial charge on any atom is -0.383 e. The van der Waals surface area contributed by atoms with E-state index in [2.05, 4.69) is 20.1 Å². The number of hydrogen-bond acceptors (Lipinski definition) is 7. The van der Waals surface area contributed by atoms with Crippen LogP contribution in [0.1, 0.15) is 33.1 Å². The van der Waals surface area contributed by atoms with E-state index in [4.69, 9.17) is 5.73 Å². The second-order valence-electron chi connectivity index (χ2n) is 11.0. The van der Waals surface area contributed by atoms with Gasteiger partial charge in [0, 0.05) is 10.9 Å². The molecule has 7 rings (SSSR count). The Morgan fingerprint density at radius 1 is 0.915 bits per heavy atom. The Bertz CT molecular complexity index is 2480. The van der Waals surface area contributed by atoms with Gasteiger partial charge >= 0.3 is 6.18 Å². The van der Waals surface area contributed by atoms with Gasteiger partial charge < -0.3 is 10.7 Å². The Kier molecular flexibility index (Phi) is 6.79. The summed E-state index contributed by atoms with van der Waals surface area (Å²) in [6.45, 7) is 3.62. The molecule has 0 amide bonds. The number of nitrogen functional groups attached to an aromatic ring is 1. The number of aryl methyl sites for hydroxylation is 2. The van der Waals surface area contributed by atoms with Crippen LogP contribution >= 0.6 is 0 Å². The number of H-pyrrole nitrogens is 1. The molecule has 4 aromatic heterocycles. The Morgan fingerprint density at radius 3 is 2.43 bits per heavy atom. The van der Waals surface area contributed by atoms with Gasteiger partial charge in [-0.25, -0.2) is 27.0 Å². The van der Waals surface area contributed by atoms with Crippen molar-refractivity contribution >= 4 is 43.6 Å². The molecular weight excluding hydrogens is 631 g/mol. The summed E-state index contributed by atoms with van der Waals surface area (Å²) >= 11 is 0. The van der Waals surface area contributed by atoms with Crippen molar-refractivity contribution < 1.29 is 26.4 Å². The highest BCUT2D eigenvalue weighted by Crippen LogP contribution is 2.34. The highest BCUT2D eigenvalue weighted by molar-refractivity contribution is 7.90. The molecule has 0 spiro atoms. The number of imidazole rings is 1. The van der Waals surface area contributed by atoms with Crippen LogP contribution in [0.25, 0.3) is 38.9 Å². The van der Waals surface area contributed by atoms with Gasteiger partial charge in [-0.3, -0.25) is 4.79 Å². The molecule has 4 heterocycles. The molecule has 0 aliphatic heterocycles. The number of anilines is 1. The highest BCUT2D eigenvalue weighted by atomic mass is 32.2. The minimum absolute atomic E-state index is 0.0231. The van der Waals surface area contributed by atoms with Crippen molar-refractivity contribution in [1.82, 2.24) is 28.7 Å². The number of halogens is 3. The number of ketones is 1. The monoisotopic (exact) mass is 655 g/mol. The molecule has 0 fully saturated rings. The zero-order valence-corrected chi connectivity index (χ0v) is 25.6. The van der Waals surface area contributed by atoms with E-state index in [1.165, 1.54) is 59.4 Å². The van der Waals surface area contributed by atoms with Gasteiger partial charge in [0.05, 0.1) is 44.6 Å². The minimum atomic E-state index is -4.68. The third kappa shape index (κ3) is 5.12. The molecule has 0 aliphatic rings. The van der Waals surface area contributed by atoms with E-state index in [1.807, 2.05) is 6.92 Å². The SMILES string of the molecule is Cc1ccc(S(=O)(=O)n2c(C(=O)c3cnn(-c4ccc5nc(C)[nH]c5c4)c3N)cc3ccc(-c4cccc(C(F)(F)F)n4)cc32)cc1. The van der Waals surface area contributed by atoms with Crippen molar-refractivity contribution in [2.45, 2.75) is 24.9 Å². The molecule has 0 atom stereocenters. The third-order valence-corrected chi connectivity index (χ3v) is 9.51. The summed E-state index contributed by atoms with van der Waals surface area (Å²) in [6.07, 6.45) is -3.42. The number of nitrogens with one attached hydrogen (secondary N) is 1. The van der Waals surface area contributed by atoms with E-state index in [0.29, 0.717) is 11.1 Å². The van der Waals surface area contributed by atoms with Gasteiger partial charge in [-0.2, -0.15) is 18.3 Å². The summed E-state index contributed by atoms with van der Waals surface area (Å²) in [5.41, 5.74) is 8.17. The molecule has 0 unspecified atom stereocenters. The molecule has 0 saturated carbocycles. The summed E-state index contributed by atoms with van der Waals surface area (Å²) in [7, 11) is -4.42. The van der Waals surface area contributed by atoms with E-state index >= 15 is 0 Å². The van der Waals surface area contributed by atoms with Crippen molar-refractivity contribution in [3.05, 3.63) is 119 Å². The lowest BCUT2D eigenvalue weighted by atomic mass is 10.1. The number of hydrogen-bond donors (Lipinski definition) is 2. The summed E-state index contributed by atoms with van der Waals surface area (Å²) in [5, 5.41) is 4.67. The Labute approximate surface area is 265 Å². The summed E-state index contributed by atoms with van der Waals surface area (Å²) < 4.78 is 71.0. The van der Waals surface area contributed by atoms with Gasteiger partial charge in [-0.15, -0.1) is 0 Å². The lowest BCUT2D eigenvalue weighted by molar-refractivity contribution is -0.141. The lowest BCUT2D eigenvalue weighted by Gasteiger charge is -2.13. The predicted molar refractivity (Wildman–Crippen MR) is 170 cm³/mol. The molecule has 3 aromatic carbocycles. The van der Waals surface area contributed by atoms with Crippen molar-refractivity contribution in [2.24, 2.45) is 0 Å². The van der Waals surface area contributed by atoms with Gasteiger partial charge in [-0.1, -0.05) is 35.9 Å². The number of fused-ring (bicyclic) bond motifs is 2. The first kappa shape index (κ1) is 29.9. The summed E-state index contributed by atoms with van der Waals surface area (Å²) in [5.74, 6) is -0.0297. The molecule has 236 valence electrons. The number of aromatic amines is 1. The zero-order valence-electron chi connectivity index (χ0n) is 24.7. The molecule has 47 heavy (non-hydrogen) atoms. The van der Waals surface area contributed by atoms with Crippen molar-refractivity contribution in [2.75, 3.05) is 5.73 Å². The maximum absolute atomic E-state index is 14.2. The fourth-order valence-corrected chi connectivity index (χ4v) is 6.96. The fourth-order valence-electron chi connectivity index (χ4n) is 5.46. The quantitative estimate of drug-likeness (QED) is 0.196. The van der Waals surface area contributed by atoms with Gasteiger partial charge in [0.25, 0.3) is 10.0 Å². The van der Waals surface area contributed by atoms with Crippen LogP contribution in [0.4, 0.5) is 19.0 Å². The molecule has 7 aromatic rings. The molecule has 3 N–H and O–H groups in total. The summed E-state index contributed by atoms with van der Waals surface area (Å²) in [6, 6.07) is 20.7. The van der Waals surface area contributed by atoms with Crippen LogP contribution < -0.4 is 5.73 Å². The highest BCUT2D eigenvalue weighted by Gasteiger charge is 2.33. The number of benzene rings is 3. The largest absolute Gasteiger partial charge is 0.433 e. The predicted octanol–water partition coefficient (Wildman–Crippen LogP) is 6.45. The first-order valence-corrected chi connectivity index (χ1v) is 15.6. The zero-order chi connectivity index (χ0) is 33.2. The number of alkyl halides is 3. The van der Waals surface area contributed by atoms with Crippen LogP contribution in [0.5, 0.6) is 0 Å². The molecular formula is C33H24F3N7O3S. The Hall–Kier alpha value is -5.76. The smallest absolute Gasteiger partial charge is 0.383 e. The topological polar surface area (TPSA) is 142 Å². The number of nitrogens with two attached hydrogens (primary N) is 1. The second-order valence-corrected chi connectivity index (χ2v) is 12.8. The van der Waals surface area contributed by atoms with Crippen LogP contribution in [0, 0.1) is 13.8 Å². The number of carbonyl (C=O) groups excluding carboxylic acids is 1. The van der Waals surface area contributed by atoms with Gasteiger partial charge in [0.15, 0.2) is 0 Å². The van der Waals surface area contributed by atoms with E-state index in [9.17, 15) is 26.4 Å². The van der Waals surface area contributed by atoms with Crippen LogP contribution in [0.15, 0.2) is 96.0 Å². The number of aromatic nitrogens is 6. The molecule has 0 radical (unpaired) electrons. The fraction of sp³-hybridized carbons (Fsp3) is 0.0909. The maximum atomic E-state index is 14.2. The van der Waals surface area contributed by atoms with Crippen LogP contribution in [-0.4, -0.2) is 42.9 Å². The first-order valence-electron chi connectivity index (χ1n) is 14.2. The van der Waals surface area contributed by atoms with Gasteiger partial charge in [-0.05, 0) is 68.4 Å². The maximum Gasteiger partial charge on any atom is 0.433 e. The van der Waals surface area contributed by atoms with Crippen molar-refractivity contribution in [3.8, 4) is 16.9 Å². The second kappa shape index (κ2) is 10.7. The molecule has 14 heteroatoms. The molecule has 0 aliphatic carbocycles. The number of pyridine rings is 1. The Morgan fingerprint density at radius 2 is 1.68 bits per heavy atom. The standard InChI is InChI=1S/C33H24F3N7O3S/c1-18-6-11-23(12-7-18)47(45,46)43-28-14-20(25-4-3-5-30(41-25)33(34,35)36)8-9-21(28)15-29(43)31(44)24-17-38-42(32(24)37)22-10-13-26-27(16-22)40-19(2)39-26/h3-17H,37H2,1-2H3,(H,39,40). The number of nitrogens with zero attached hydrogens (tertiary/aromatic N) is 5. The van der Waals surface area contributed by atoms with Gasteiger partial charge in [0.2, 0.25) is 5.78 Å². The van der Waals surface area contributed by atoms with E-state index in [1.54, 1.807) is 37.3 Å². The van der Waals surface area contributed by atoms with Crippen LogP contribution in [0.2, 0.25) is 0 Å². The average molecular weight is 656 g/mol. The van der Waals surface area contributed by atoms with Crippen molar-refractivity contribution in [1.29, 1.82) is 0 Å². The average Bonchev–Trinajstić information content (AvgIpc) is 3.73. The summed E-state index contributed by atoms with van der Waals surface area (Å²) in [4.78, 5) is 25.4. The molecule has 10 nitrogen and oxygen atoms in total. The number of rotatable bonds is 6. The normalized spacial score (nSPS) is 12.3. The van der Waals surface area contributed by atoms with Crippen molar-refractivity contribution in [3.63, 3.8) is 0 Å².